The van der Waals surface area contributed by atoms with Crippen LogP contribution in [0.3, 0.4) is 0 Å². The largest absolute Gasteiger partial charge is 0.144 e. The van der Waals surface area contributed by atoms with E-state index in [4.69, 9.17) is 0 Å². The normalized spacial score (nSPS) is 11.5. The zero-order chi connectivity index (χ0) is 10.5. The number of allylic oxidation sites excluding steroid dienone is 1. The number of unbranched alkanes of at least 4 members (excludes halogenated alkanes) is 2. The van der Waals surface area contributed by atoms with Gasteiger partial charge in [-0.25, -0.2) is 0 Å². The first-order valence-corrected chi connectivity index (χ1v) is 6.21. The van der Waals surface area contributed by atoms with Gasteiger partial charge in [0.1, 0.15) is 0 Å². The van der Waals surface area contributed by atoms with Crippen LogP contribution < -0.4 is 0 Å². The van der Waals surface area contributed by atoms with Crippen LogP contribution in [0.25, 0.3) is 16.2 Å². The van der Waals surface area contributed by atoms with Gasteiger partial charge in [-0.2, -0.15) is 0 Å². The molecule has 1 aromatic heterocycles. The molecule has 77 valence electrons. The van der Waals surface area contributed by atoms with Crippen LogP contribution in [-0.2, 0) is 0 Å². The van der Waals surface area contributed by atoms with Crippen molar-refractivity contribution in [2.75, 3.05) is 0 Å². The molecule has 0 atom stereocenters. The quantitative estimate of drug-likeness (QED) is 0.635. The molecule has 2 aromatic rings. The molecule has 0 bridgehead atoms. The Morgan fingerprint density at radius 1 is 1.27 bits per heavy atom. The van der Waals surface area contributed by atoms with E-state index in [1.54, 1.807) is 11.3 Å². The van der Waals surface area contributed by atoms with E-state index >= 15 is 0 Å². The Balaban J connectivity index is 2.10. The first-order valence-electron chi connectivity index (χ1n) is 5.33. The van der Waals surface area contributed by atoms with Crippen molar-refractivity contribution in [2.24, 2.45) is 0 Å². The molecule has 1 aromatic carbocycles. The molecule has 0 spiro atoms. The molecule has 0 amide bonds. The third-order valence-corrected chi connectivity index (χ3v) is 3.29. The maximum Gasteiger partial charge on any atom is 0.0348 e. The first kappa shape index (κ1) is 10.4. The summed E-state index contributed by atoms with van der Waals surface area (Å²) < 4.78 is 1.37. The molecule has 0 N–H and O–H groups in total. The second-order valence-corrected chi connectivity index (χ2v) is 4.56. The van der Waals surface area contributed by atoms with E-state index in [9.17, 15) is 0 Å². The van der Waals surface area contributed by atoms with E-state index in [0.29, 0.717) is 0 Å². The second-order valence-electron chi connectivity index (χ2n) is 3.62. The predicted octanol–water partition coefficient (Wildman–Crippen LogP) is 4.92. The highest BCUT2D eigenvalue weighted by Gasteiger charge is 1.94. The summed E-state index contributed by atoms with van der Waals surface area (Å²) in [5.74, 6) is 0. The Morgan fingerprint density at radius 2 is 2.20 bits per heavy atom. The van der Waals surface area contributed by atoms with Crippen LogP contribution in [0.4, 0.5) is 0 Å². The Labute approximate surface area is 95.3 Å². The van der Waals surface area contributed by atoms with Gasteiger partial charge in [-0.1, -0.05) is 37.6 Å². The zero-order valence-electron chi connectivity index (χ0n) is 8.78. The van der Waals surface area contributed by atoms with Gasteiger partial charge in [0.15, 0.2) is 0 Å². The first-order chi connectivity index (χ1) is 7.40. The maximum absolute atomic E-state index is 3.83. The van der Waals surface area contributed by atoms with E-state index in [1.807, 2.05) is 0 Å². The van der Waals surface area contributed by atoms with Gasteiger partial charge < -0.3 is 0 Å². The van der Waals surface area contributed by atoms with Gasteiger partial charge in [0.25, 0.3) is 0 Å². The van der Waals surface area contributed by atoms with Crippen LogP contribution in [0, 0.1) is 6.92 Å². The molecule has 1 radical (unpaired) electrons. The highest BCUT2D eigenvalue weighted by Crippen LogP contribution is 2.22. The summed E-state index contributed by atoms with van der Waals surface area (Å²) >= 11 is 1.80. The number of thiophene rings is 1. The lowest BCUT2D eigenvalue weighted by Gasteiger charge is -1.94. The summed E-state index contributed by atoms with van der Waals surface area (Å²) in [5, 5.41) is 3.48. The molecule has 2 rings (SSSR count). The van der Waals surface area contributed by atoms with E-state index in [0.717, 1.165) is 12.8 Å². The molecule has 0 fully saturated rings. The van der Waals surface area contributed by atoms with Crippen LogP contribution in [0.1, 0.15) is 24.8 Å². The lowest BCUT2D eigenvalue weighted by atomic mass is 10.1. The Bertz CT molecular complexity index is 451. The van der Waals surface area contributed by atoms with Gasteiger partial charge in [0.2, 0.25) is 0 Å². The van der Waals surface area contributed by atoms with Gasteiger partial charge in [-0.05, 0) is 41.3 Å². The molecular formula is C14H15S. The minimum atomic E-state index is 1.02. The van der Waals surface area contributed by atoms with Crippen LogP contribution >= 0.6 is 11.3 Å². The number of benzene rings is 1. The third kappa shape index (κ3) is 2.69. The molecule has 0 unspecified atom stereocenters. The monoisotopic (exact) mass is 215 g/mol. The maximum atomic E-state index is 3.83. The molecule has 0 aliphatic rings. The van der Waals surface area contributed by atoms with Crippen LogP contribution in [0.2, 0.25) is 0 Å². The van der Waals surface area contributed by atoms with E-state index in [-0.39, 0.29) is 0 Å². The summed E-state index contributed by atoms with van der Waals surface area (Å²) in [6.45, 7) is 3.83. The molecule has 1 heteroatoms. The average molecular weight is 215 g/mol. The van der Waals surface area contributed by atoms with Crippen molar-refractivity contribution >= 4 is 27.5 Å². The lowest BCUT2D eigenvalue weighted by molar-refractivity contribution is 0.868. The minimum Gasteiger partial charge on any atom is -0.144 e. The van der Waals surface area contributed by atoms with Crippen molar-refractivity contribution in [3.63, 3.8) is 0 Å². The fraction of sp³-hybridized carbons (Fsp3) is 0.214. The van der Waals surface area contributed by atoms with Gasteiger partial charge >= 0.3 is 0 Å². The molecular weight excluding hydrogens is 200 g/mol. The van der Waals surface area contributed by atoms with Crippen molar-refractivity contribution in [1.29, 1.82) is 0 Å². The number of hydrogen-bond acceptors (Lipinski definition) is 1. The summed E-state index contributed by atoms with van der Waals surface area (Å²) in [6.07, 6.45) is 7.77. The van der Waals surface area contributed by atoms with Gasteiger partial charge in [0, 0.05) is 4.70 Å². The van der Waals surface area contributed by atoms with Crippen molar-refractivity contribution in [3.8, 4) is 0 Å². The second kappa shape index (κ2) is 5.13. The molecule has 1 heterocycles. The lowest BCUT2D eigenvalue weighted by Crippen LogP contribution is -1.71. The molecule has 15 heavy (non-hydrogen) atoms. The standard InChI is InChI=1S/C14H15S/c1-2-3-4-5-6-12-7-8-13-9-10-15-14(13)11-12/h5-11H,1-4H2. The van der Waals surface area contributed by atoms with E-state index in [1.165, 1.54) is 22.1 Å². The van der Waals surface area contributed by atoms with Crippen LogP contribution in [0.5, 0.6) is 0 Å². The van der Waals surface area contributed by atoms with Gasteiger partial charge in [0.05, 0.1) is 0 Å². The molecule has 0 aliphatic carbocycles. The molecule has 0 aliphatic heterocycles. The summed E-state index contributed by atoms with van der Waals surface area (Å²) in [4.78, 5) is 0. The Morgan fingerprint density at radius 3 is 3.07 bits per heavy atom. The Hall–Kier alpha value is -1.08. The minimum absolute atomic E-state index is 1.02. The van der Waals surface area contributed by atoms with Gasteiger partial charge in [-0.15, -0.1) is 11.3 Å². The van der Waals surface area contributed by atoms with Gasteiger partial charge in [-0.3, -0.25) is 0 Å². The third-order valence-electron chi connectivity index (χ3n) is 2.41. The summed E-state index contributed by atoms with van der Waals surface area (Å²) in [5.41, 5.74) is 1.30. The number of fused-ring (bicyclic) bond motifs is 1. The predicted molar refractivity (Wildman–Crippen MR) is 70.1 cm³/mol. The van der Waals surface area contributed by atoms with Crippen LogP contribution in [0.15, 0.2) is 35.7 Å². The summed E-state index contributed by atoms with van der Waals surface area (Å²) in [7, 11) is 0. The highest BCUT2D eigenvalue weighted by atomic mass is 32.1. The number of hydrogen-bond donors (Lipinski definition) is 0. The SMILES string of the molecule is [CH2]CCCC=Cc1ccc2ccsc2c1. The fourth-order valence-corrected chi connectivity index (χ4v) is 2.39. The molecule has 0 saturated heterocycles. The molecule has 0 nitrogen and oxygen atoms in total. The smallest absolute Gasteiger partial charge is 0.0348 e. The van der Waals surface area contributed by atoms with E-state index < -0.39 is 0 Å². The van der Waals surface area contributed by atoms with Crippen LogP contribution in [-0.4, -0.2) is 0 Å². The van der Waals surface area contributed by atoms with Crippen molar-refractivity contribution in [1.82, 2.24) is 0 Å². The zero-order valence-corrected chi connectivity index (χ0v) is 9.59. The van der Waals surface area contributed by atoms with Crippen molar-refractivity contribution < 1.29 is 0 Å². The average Bonchev–Trinajstić information content (AvgIpc) is 2.71. The van der Waals surface area contributed by atoms with Crippen molar-refractivity contribution in [3.05, 3.63) is 48.2 Å². The van der Waals surface area contributed by atoms with Crippen molar-refractivity contribution in [2.45, 2.75) is 19.3 Å². The van der Waals surface area contributed by atoms with E-state index in [2.05, 4.69) is 48.7 Å². The summed E-state index contributed by atoms with van der Waals surface area (Å²) in [6, 6.07) is 8.78. The fourth-order valence-electron chi connectivity index (χ4n) is 1.56. The topological polar surface area (TPSA) is 0 Å². The number of rotatable bonds is 4. The Kier molecular flexibility index (Phi) is 3.57. The highest BCUT2D eigenvalue weighted by molar-refractivity contribution is 7.17. The molecule has 0 saturated carbocycles.